The third-order valence-electron chi connectivity index (χ3n) is 4.68. The monoisotopic (exact) mass is 418 g/mol. The van der Waals surface area contributed by atoms with Gasteiger partial charge in [0.2, 0.25) is 11.0 Å². The molecule has 8 nitrogen and oxygen atoms in total. The van der Waals surface area contributed by atoms with Crippen LogP contribution in [0.5, 0.6) is 5.88 Å². The molecule has 0 aromatic carbocycles. The Labute approximate surface area is 170 Å². The molecule has 28 heavy (non-hydrogen) atoms. The average Bonchev–Trinajstić information content (AvgIpc) is 3.33. The van der Waals surface area contributed by atoms with Gasteiger partial charge < -0.3 is 9.64 Å². The second kappa shape index (κ2) is 7.48. The molecule has 0 spiro atoms. The molecule has 0 saturated heterocycles. The van der Waals surface area contributed by atoms with Crippen LogP contribution < -0.4 is 15.2 Å². The standard InChI is InChI=1S/C18H19ClN6O2S/c1-10-21-22-18(28-10)24(2)15-7-16(23-25(3)17(15)26)27-9-11-6-13(11)14-5-4-12(19)8-20-14/h4-5,7-8,11,13H,6,9H2,1-3H3/t11-,13+/m1/s1. The lowest BCUT2D eigenvalue weighted by molar-refractivity contribution is 0.278. The fourth-order valence-corrected chi connectivity index (χ4v) is 3.77. The SMILES string of the molecule is Cc1nnc(N(C)c2cc(OC[C@H]3C[C@@H]3c3ccc(Cl)cn3)nn(C)c2=O)s1. The van der Waals surface area contributed by atoms with Crippen LogP contribution in [0.25, 0.3) is 0 Å². The smallest absolute Gasteiger partial charge is 0.290 e. The molecule has 3 aromatic rings. The largest absolute Gasteiger partial charge is 0.476 e. The Hall–Kier alpha value is -2.52. The zero-order chi connectivity index (χ0) is 19.8. The number of hydrogen-bond donors (Lipinski definition) is 0. The van der Waals surface area contributed by atoms with Gasteiger partial charge in [-0.15, -0.1) is 15.3 Å². The first-order valence-corrected chi connectivity index (χ1v) is 9.98. The molecule has 0 unspecified atom stereocenters. The van der Waals surface area contributed by atoms with Crippen molar-refractivity contribution in [1.82, 2.24) is 25.0 Å². The summed E-state index contributed by atoms with van der Waals surface area (Å²) < 4.78 is 7.17. The number of anilines is 2. The maximum absolute atomic E-state index is 12.5. The molecule has 1 fully saturated rings. The van der Waals surface area contributed by atoms with Crippen LogP contribution in [0.4, 0.5) is 10.8 Å². The van der Waals surface area contributed by atoms with Crippen LogP contribution in [0.2, 0.25) is 5.02 Å². The molecule has 0 radical (unpaired) electrons. The van der Waals surface area contributed by atoms with E-state index in [0.29, 0.717) is 40.2 Å². The molecule has 0 aliphatic heterocycles. The number of nitrogens with zero attached hydrogens (tertiary/aromatic N) is 6. The zero-order valence-electron chi connectivity index (χ0n) is 15.7. The van der Waals surface area contributed by atoms with Gasteiger partial charge in [-0.2, -0.15) is 0 Å². The van der Waals surface area contributed by atoms with E-state index in [2.05, 4.69) is 20.3 Å². The minimum atomic E-state index is -0.225. The van der Waals surface area contributed by atoms with E-state index < -0.39 is 0 Å². The van der Waals surface area contributed by atoms with Crippen LogP contribution in [-0.4, -0.2) is 38.6 Å². The summed E-state index contributed by atoms with van der Waals surface area (Å²) >= 11 is 7.31. The van der Waals surface area contributed by atoms with Crippen LogP contribution >= 0.6 is 22.9 Å². The highest BCUT2D eigenvalue weighted by Crippen LogP contribution is 2.46. The topological polar surface area (TPSA) is 86.0 Å². The van der Waals surface area contributed by atoms with Crippen molar-refractivity contribution in [3.8, 4) is 5.88 Å². The van der Waals surface area contributed by atoms with Crippen LogP contribution in [-0.2, 0) is 7.05 Å². The molecule has 3 aromatic heterocycles. The fourth-order valence-electron chi connectivity index (χ4n) is 3.00. The maximum atomic E-state index is 12.5. The highest BCUT2D eigenvalue weighted by molar-refractivity contribution is 7.15. The van der Waals surface area contributed by atoms with Gasteiger partial charge in [0.25, 0.3) is 5.56 Å². The Morgan fingerprint density at radius 3 is 2.89 bits per heavy atom. The highest BCUT2D eigenvalue weighted by atomic mass is 35.5. The average molecular weight is 419 g/mol. The zero-order valence-corrected chi connectivity index (χ0v) is 17.2. The summed E-state index contributed by atoms with van der Waals surface area (Å²) in [5.74, 6) is 1.15. The Bertz CT molecular complexity index is 1050. The molecule has 2 atom stereocenters. The second-order valence-electron chi connectivity index (χ2n) is 6.77. The van der Waals surface area contributed by atoms with Crippen molar-refractivity contribution in [2.45, 2.75) is 19.3 Å². The predicted octanol–water partition coefficient (Wildman–Crippen LogP) is 2.94. The van der Waals surface area contributed by atoms with Crippen molar-refractivity contribution in [2.75, 3.05) is 18.6 Å². The third kappa shape index (κ3) is 3.85. The molecule has 0 bridgehead atoms. The van der Waals surface area contributed by atoms with Gasteiger partial charge in [0, 0.05) is 43.9 Å². The molecule has 10 heteroatoms. The van der Waals surface area contributed by atoms with E-state index in [1.54, 1.807) is 31.3 Å². The molecule has 1 saturated carbocycles. The van der Waals surface area contributed by atoms with Crippen molar-refractivity contribution < 1.29 is 4.74 Å². The Morgan fingerprint density at radius 1 is 1.39 bits per heavy atom. The van der Waals surface area contributed by atoms with E-state index in [-0.39, 0.29) is 5.56 Å². The number of hydrogen-bond acceptors (Lipinski definition) is 8. The van der Waals surface area contributed by atoms with Gasteiger partial charge >= 0.3 is 0 Å². The van der Waals surface area contributed by atoms with Crippen LogP contribution in [0, 0.1) is 12.8 Å². The normalized spacial score (nSPS) is 18.1. The van der Waals surface area contributed by atoms with Gasteiger partial charge in [-0.05, 0) is 25.5 Å². The molecular weight excluding hydrogens is 400 g/mol. The van der Waals surface area contributed by atoms with Crippen molar-refractivity contribution in [3.63, 3.8) is 0 Å². The summed E-state index contributed by atoms with van der Waals surface area (Å²) in [5, 5.41) is 14.4. The van der Waals surface area contributed by atoms with Crippen molar-refractivity contribution >= 4 is 33.8 Å². The first kappa shape index (κ1) is 18.8. The third-order valence-corrected chi connectivity index (χ3v) is 5.82. The first-order chi connectivity index (χ1) is 13.4. The molecule has 146 valence electrons. The quantitative estimate of drug-likeness (QED) is 0.608. The number of aromatic nitrogens is 5. The number of pyridine rings is 1. The molecule has 1 aliphatic rings. The van der Waals surface area contributed by atoms with E-state index in [9.17, 15) is 4.79 Å². The molecule has 4 rings (SSSR count). The van der Waals surface area contributed by atoms with Gasteiger partial charge in [0.05, 0.1) is 11.6 Å². The summed E-state index contributed by atoms with van der Waals surface area (Å²) in [4.78, 5) is 18.6. The van der Waals surface area contributed by atoms with Gasteiger partial charge in [-0.25, -0.2) is 4.68 Å². The highest BCUT2D eigenvalue weighted by Gasteiger charge is 2.40. The summed E-state index contributed by atoms with van der Waals surface area (Å²) in [6.45, 7) is 2.39. The molecule has 1 aliphatic carbocycles. The van der Waals surface area contributed by atoms with Gasteiger partial charge in [0.15, 0.2) is 0 Å². The van der Waals surface area contributed by atoms with Crippen molar-refractivity contribution in [1.29, 1.82) is 0 Å². The van der Waals surface area contributed by atoms with Crippen molar-refractivity contribution in [3.05, 3.63) is 50.5 Å². The fraction of sp³-hybridized carbons (Fsp3) is 0.389. The molecule has 3 heterocycles. The Kier molecular flexibility index (Phi) is 5.03. The number of rotatable bonds is 6. The lowest BCUT2D eigenvalue weighted by Crippen LogP contribution is -2.27. The number of aryl methyl sites for hydroxylation is 2. The number of halogens is 1. The van der Waals surface area contributed by atoms with Gasteiger partial charge in [0.1, 0.15) is 10.7 Å². The first-order valence-electron chi connectivity index (χ1n) is 8.79. The minimum absolute atomic E-state index is 0.225. The second-order valence-corrected chi connectivity index (χ2v) is 8.37. The van der Waals surface area contributed by atoms with E-state index in [0.717, 1.165) is 17.1 Å². The van der Waals surface area contributed by atoms with Crippen molar-refractivity contribution in [2.24, 2.45) is 13.0 Å². The van der Waals surface area contributed by atoms with E-state index in [1.165, 1.54) is 16.0 Å². The van der Waals surface area contributed by atoms with Crippen LogP contribution in [0.1, 0.15) is 23.0 Å². The predicted molar refractivity (Wildman–Crippen MR) is 108 cm³/mol. The van der Waals surface area contributed by atoms with E-state index >= 15 is 0 Å². The molecular formula is C18H19ClN6O2S. The Morgan fingerprint density at radius 2 is 2.21 bits per heavy atom. The maximum Gasteiger partial charge on any atom is 0.290 e. The van der Waals surface area contributed by atoms with Gasteiger partial charge in [-0.1, -0.05) is 22.9 Å². The lowest BCUT2D eigenvalue weighted by Gasteiger charge is -2.16. The summed E-state index contributed by atoms with van der Waals surface area (Å²) in [6, 6.07) is 5.46. The molecule has 0 amide bonds. The summed E-state index contributed by atoms with van der Waals surface area (Å²) in [7, 11) is 3.39. The van der Waals surface area contributed by atoms with Crippen LogP contribution in [0.3, 0.4) is 0 Å². The lowest BCUT2D eigenvalue weighted by atomic mass is 10.2. The molecule has 0 N–H and O–H groups in total. The van der Waals surface area contributed by atoms with E-state index in [1.807, 2.05) is 19.1 Å². The van der Waals surface area contributed by atoms with Crippen LogP contribution in [0.15, 0.2) is 29.2 Å². The van der Waals surface area contributed by atoms with Gasteiger partial charge in [-0.3, -0.25) is 9.78 Å². The summed E-state index contributed by atoms with van der Waals surface area (Å²) in [5.41, 5.74) is 1.24. The summed E-state index contributed by atoms with van der Waals surface area (Å²) in [6.07, 6.45) is 2.68. The minimum Gasteiger partial charge on any atom is -0.476 e. The van der Waals surface area contributed by atoms with E-state index in [4.69, 9.17) is 16.3 Å². The number of ether oxygens (including phenoxy) is 1. The Balaban J connectivity index is 1.46.